The minimum atomic E-state index is -0.326. The molecule has 0 unspecified atom stereocenters. The van der Waals surface area contributed by atoms with Crippen molar-refractivity contribution in [2.75, 3.05) is 33.4 Å². The van der Waals surface area contributed by atoms with Gasteiger partial charge in [0.1, 0.15) is 5.82 Å². The molecule has 1 aromatic rings. The van der Waals surface area contributed by atoms with E-state index < -0.39 is 0 Å². The normalized spacial score (nSPS) is 9.95. The van der Waals surface area contributed by atoms with E-state index in [1.54, 1.807) is 30.2 Å². The number of rotatable bonds is 9. The smallest absolute Gasteiger partial charge is 0.237 e. The first kappa shape index (κ1) is 21.0. The molecule has 1 rings (SSSR count). The van der Waals surface area contributed by atoms with Gasteiger partial charge in [0.05, 0.1) is 13.2 Å². The van der Waals surface area contributed by atoms with Crippen molar-refractivity contribution in [3.63, 3.8) is 0 Å². The van der Waals surface area contributed by atoms with Crippen molar-refractivity contribution in [2.45, 2.75) is 6.54 Å². The number of hydrogen-bond acceptors (Lipinski definition) is 3. The van der Waals surface area contributed by atoms with Crippen molar-refractivity contribution in [1.29, 1.82) is 0 Å². The summed E-state index contributed by atoms with van der Waals surface area (Å²) in [4.78, 5) is 13.7. The SMILES string of the molecule is C=CCN(Cc1cc(Br)ccc1F)C(=O)CNCCOC.Cl. The third kappa shape index (κ3) is 7.35. The zero-order valence-corrected chi connectivity index (χ0v) is 14.9. The Balaban J connectivity index is 0.00000441. The second kappa shape index (κ2) is 11.6. The Kier molecular flexibility index (Phi) is 11.1. The van der Waals surface area contributed by atoms with Crippen molar-refractivity contribution in [2.24, 2.45) is 0 Å². The van der Waals surface area contributed by atoms with Crippen LogP contribution in [0.25, 0.3) is 0 Å². The molecule has 0 fully saturated rings. The summed E-state index contributed by atoms with van der Waals surface area (Å²) in [5.41, 5.74) is 0.469. The highest BCUT2D eigenvalue weighted by Gasteiger charge is 2.14. The zero-order chi connectivity index (χ0) is 15.7. The number of carbonyl (C=O) groups excluding carboxylic acids is 1. The van der Waals surface area contributed by atoms with Crippen LogP contribution in [0.4, 0.5) is 4.39 Å². The number of nitrogens with zero attached hydrogens (tertiary/aromatic N) is 1. The van der Waals surface area contributed by atoms with E-state index in [4.69, 9.17) is 4.74 Å². The summed E-state index contributed by atoms with van der Waals surface area (Å²) in [7, 11) is 1.60. The number of benzene rings is 1. The predicted octanol–water partition coefficient (Wildman–Crippen LogP) is 2.76. The highest BCUT2D eigenvalue weighted by atomic mass is 79.9. The summed E-state index contributed by atoms with van der Waals surface area (Å²) >= 11 is 3.30. The average Bonchev–Trinajstić information content (AvgIpc) is 2.46. The first-order valence-electron chi connectivity index (χ1n) is 6.60. The van der Waals surface area contributed by atoms with E-state index >= 15 is 0 Å². The Morgan fingerprint density at radius 2 is 2.27 bits per heavy atom. The third-order valence-electron chi connectivity index (χ3n) is 2.83. The molecule has 4 nitrogen and oxygen atoms in total. The molecular formula is C15H21BrClFN2O2. The Labute approximate surface area is 145 Å². The quantitative estimate of drug-likeness (QED) is 0.516. The van der Waals surface area contributed by atoms with Gasteiger partial charge in [0, 0.05) is 36.8 Å². The molecule has 1 N–H and O–H groups in total. The second-order valence-corrected chi connectivity index (χ2v) is 5.38. The summed E-state index contributed by atoms with van der Waals surface area (Å²) in [6.07, 6.45) is 1.63. The van der Waals surface area contributed by atoms with E-state index in [0.29, 0.717) is 25.3 Å². The van der Waals surface area contributed by atoms with Gasteiger partial charge in [-0.1, -0.05) is 22.0 Å². The third-order valence-corrected chi connectivity index (χ3v) is 3.32. The largest absolute Gasteiger partial charge is 0.383 e. The molecule has 1 amide bonds. The summed E-state index contributed by atoms with van der Waals surface area (Å²) in [6.45, 7) is 5.54. The van der Waals surface area contributed by atoms with Gasteiger partial charge in [-0.2, -0.15) is 0 Å². The molecular weight excluding hydrogens is 375 g/mol. The molecule has 7 heteroatoms. The molecule has 0 atom stereocenters. The van der Waals surface area contributed by atoms with Crippen molar-refractivity contribution >= 4 is 34.2 Å². The molecule has 0 radical (unpaired) electrons. The topological polar surface area (TPSA) is 41.6 Å². The fourth-order valence-electron chi connectivity index (χ4n) is 1.76. The molecule has 0 aromatic heterocycles. The van der Waals surface area contributed by atoms with E-state index in [-0.39, 0.29) is 37.2 Å². The van der Waals surface area contributed by atoms with Gasteiger partial charge >= 0.3 is 0 Å². The Bertz CT molecular complexity index is 489. The van der Waals surface area contributed by atoms with Crippen LogP contribution in [0.15, 0.2) is 35.3 Å². The number of hydrogen-bond donors (Lipinski definition) is 1. The van der Waals surface area contributed by atoms with Gasteiger partial charge in [-0.3, -0.25) is 4.79 Å². The van der Waals surface area contributed by atoms with E-state index in [0.717, 1.165) is 4.47 Å². The Morgan fingerprint density at radius 1 is 1.55 bits per heavy atom. The second-order valence-electron chi connectivity index (χ2n) is 4.47. The molecule has 0 aliphatic heterocycles. The van der Waals surface area contributed by atoms with Gasteiger partial charge in [-0.25, -0.2) is 4.39 Å². The highest BCUT2D eigenvalue weighted by molar-refractivity contribution is 9.10. The molecule has 0 aliphatic carbocycles. The van der Waals surface area contributed by atoms with Crippen LogP contribution in [0.2, 0.25) is 0 Å². The number of amides is 1. The fraction of sp³-hybridized carbons (Fsp3) is 0.400. The lowest BCUT2D eigenvalue weighted by Crippen LogP contribution is -2.39. The van der Waals surface area contributed by atoms with Crippen molar-refractivity contribution in [1.82, 2.24) is 10.2 Å². The van der Waals surface area contributed by atoms with Crippen LogP contribution in [0, 0.1) is 5.82 Å². The highest BCUT2D eigenvalue weighted by Crippen LogP contribution is 2.17. The molecule has 0 bridgehead atoms. The van der Waals surface area contributed by atoms with E-state index in [2.05, 4.69) is 27.8 Å². The van der Waals surface area contributed by atoms with Crippen molar-refractivity contribution in [3.8, 4) is 0 Å². The summed E-state index contributed by atoms with van der Waals surface area (Å²) in [6, 6.07) is 4.69. The monoisotopic (exact) mass is 394 g/mol. The first-order chi connectivity index (χ1) is 10.1. The molecule has 0 spiro atoms. The maximum absolute atomic E-state index is 13.8. The maximum atomic E-state index is 13.8. The van der Waals surface area contributed by atoms with Crippen LogP contribution >= 0.6 is 28.3 Å². The standard InChI is InChI=1S/C15H20BrFN2O2.ClH/c1-3-7-19(15(20)10-18-6-8-21-2)11-12-9-13(16)4-5-14(12)17;/h3-5,9,18H,1,6-8,10-11H2,2H3;1H. The molecule has 0 heterocycles. The zero-order valence-electron chi connectivity index (χ0n) is 12.5. The van der Waals surface area contributed by atoms with Crippen LogP contribution in [0.3, 0.4) is 0 Å². The van der Waals surface area contributed by atoms with Gasteiger partial charge in [0.25, 0.3) is 0 Å². The maximum Gasteiger partial charge on any atom is 0.237 e. The summed E-state index contributed by atoms with van der Waals surface area (Å²) in [5, 5.41) is 2.98. The van der Waals surface area contributed by atoms with Crippen LogP contribution in [0.1, 0.15) is 5.56 Å². The number of ether oxygens (including phenoxy) is 1. The molecule has 0 saturated heterocycles. The lowest BCUT2D eigenvalue weighted by molar-refractivity contribution is -0.130. The van der Waals surface area contributed by atoms with E-state index in [1.807, 2.05) is 0 Å². The molecule has 0 saturated carbocycles. The van der Waals surface area contributed by atoms with Gasteiger partial charge in [0.15, 0.2) is 0 Å². The van der Waals surface area contributed by atoms with Crippen LogP contribution < -0.4 is 5.32 Å². The number of carbonyl (C=O) groups is 1. The number of halogens is 3. The van der Waals surface area contributed by atoms with Crippen molar-refractivity contribution < 1.29 is 13.9 Å². The lowest BCUT2D eigenvalue weighted by atomic mass is 10.2. The van der Waals surface area contributed by atoms with Gasteiger partial charge in [0.2, 0.25) is 5.91 Å². The van der Waals surface area contributed by atoms with Gasteiger partial charge in [-0.15, -0.1) is 19.0 Å². The van der Waals surface area contributed by atoms with Crippen LogP contribution in [-0.2, 0) is 16.1 Å². The molecule has 22 heavy (non-hydrogen) atoms. The summed E-state index contributed by atoms with van der Waals surface area (Å²) < 4.78 is 19.4. The molecule has 124 valence electrons. The van der Waals surface area contributed by atoms with Crippen molar-refractivity contribution in [3.05, 3.63) is 46.7 Å². The fourth-order valence-corrected chi connectivity index (χ4v) is 2.17. The van der Waals surface area contributed by atoms with Crippen LogP contribution in [0.5, 0.6) is 0 Å². The first-order valence-corrected chi connectivity index (χ1v) is 7.40. The number of methoxy groups -OCH3 is 1. The molecule has 0 aliphatic rings. The summed E-state index contributed by atoms with van der Waals surface area (Å²) in [5.74, 6) is -0.433. The molecule has 1 aromatic carbocycles. The average molecular weight is 396 g/mol. The van der Waals surface area contributed by atoms with E-state index in [9.17, 15) is 9.18 Å². The van der Waals surface area contributed by atoms with Crippen LogP contribution in [-0.4, -0.2) is 44.2 Å². The lowest BCUT2D eigenvalue weighted by Gasteiger charge is -2.22. The minimum absolute atomic E-state index is 0. The van der Waals surface area contributed by atoms with Gasteiger partial charge in [-0.05, 0) is 18.2 Å². The van der Waals surface area contributed by atoms with E-state index in [1.165, 1.54) is 6.07 Å². The Morgan fingerprint density at radius 3 is 2.91 bits per heavy atom. The minimum Gasteiger partial charge on any atom is -0.383 e. The number of nitrogens with one attached hydrogen (secondary N) is 1. The van der Waals surface area contributed by atoms with Gasteiger partial charge < -0.3 is 15.0 Å². The Hall–Kier alpha value is -0.950. The predicted molar refractivity (Wildman–Crippen MR) is 91.7 cm³/mol.